The summed E-state index contributed by atoms with van der Waals surface area (Å²) in [5.41, 5.74) is 7.11. The lowest BCUT2D eigenvalue weighted by Crippen LogP contribution is -2.15. The summed E-state index contributed by atoms with van der Waals surface area (Å²) < 4.78 is 28.3. The molecule has 0 radical (unpaired) electrons. The number of rotatable bonds is 7. The molecule has 0 fully saturated rings. The van der Waals surface area contributed by atoms with Crippen LogP contribution in [0.25, 0.3) is 11.3 Å². The van der Waals surface area contributed by atoms with E-state index < -0.39 is 10.0 Å². The molecular weight excluding hydrogens is 464 g/mol. The van der Waals surface area contributed by atoms with Gasteiger partial charge in [0.15, 0.2) is 0 Å². The van der Waals surface area contributed by atoms with Gasteiger partial charge in [-0.1, -0.05) is 75.4 Å². The Labute approximate surface area is 204 Å². The molecule has 4 rings (SSSR count). The van der Waals surface area contributed by atoms with E-state index in [1.807, 2.05) is 53.9 Å². The highest BCUT2D eigenvalue weighted by molar-refractivity contribution is 7.92. The number of aromatic nitrogens is 1. The Morgan fingerprint density at radius 1 is 0.941 bits per heavy atom. The van der Waals surface area contributed by atoms with Crippen molar-refractivity contribution in [1.29, 1.82) is 0 Å². The van der Waals surface area contributed by atoms with Crippen LogP contribution in [0.1, 0.15) is 31.9 Å². The molecule has 0 unspecified atom stereocenters. The smallest absolute Gasteiger partial charge is 0.261 e. The van der Waals surface area contributed by atoms with Gasteiger partial charge in [0, 0.05) is 16.6 Å². The van der Waals surface area contributed by atoms with Crippen LogP contribution < -0.4 is 10.1 Å². The van der Waals surface area contributed by atoms with Gasteiger partial charge >= 0.3 is 0 Å². The molecule has 6 nitrogen and oxygen atoms in total. The highest BCUT2D eigenvalue weighted by Crippen LogP contribution is 2.25. The Bertz CT molecular complexity index is 1390. The molecule has 0 aliphatic carbocycles. The van der Waals surface area contributed by atoms with Crippen molar-refractivity contribution >= 4 is 38.4 Å². The average molecular weight is 491 g/mol. The molecule has 0 spiro atoms. The first kappa shape index (κ1) is 23.7. The fraction of sp³-hybridized carbons (Fsp3) is 0.154. The molecule has 3 aromatic carbocycles. The standard InChI is InChI=1S/C26H26N4O2S2/c1-26(2,3)21-12-14-23(15-13-21)34(31,32)30-22-11-7-8-19(16-22)17-27-29-25-28-24(18-33-25)20-9-5-4-6-10-20/h4-18,30H,1-3H3,(H,28,29). The maximum absolute atomic E-state index is 12.8. The predicted octanol–water partition coefficient (Wildman–Crippen LogP) is 6.35. The maximum atomic E-state index is 12.8. The SMILES string of the molecule is CC(C)(C)c1ccc(S(=O)(=O)Nc2cccc(C=NNc3nc(-c4ccccc4)cs3)c2)cc1. The van der Waals surface area contributed by atoms with Crippen molar-refractivity contribution in [1.82, 2.24) is 4.98 Å². The first-order valence-corrected chi connectivity index (χ1v) is 13.1. The first-order valence-electron chi connectivity index (χ1n) is 10.7. The lowest BCUT2D eigenvalue weighted by molar-refractivity contribution is 0.587. The van der Waals surface area contributed by atoms with Gasteiger partial charge in [-0.3, -0.25) is 10.1 Å². The van der Waals surface area contributed by atoms with E-state index in [2.05, 4.69) is 41.0 Å². The van der Waals surface area contributed by atoms with Gasteiger partial charge in [-0.25, -0.2) is 13.4 Å². The molecule has 34 heavy (non-hydrogen) atoms. The molecule has 174 valence electrons. The minimum absolute atomic E-state index is 0.0425. The zero-order valence-electron chi connectivity index (χ0n) is 19.2. The van der Waals surface area contributed by atoms with E-state index in [1.165, 1.54) is 11.3 Å². The fourth-order valence-corrected chi connectivity index (χ4v) is 4.98. The molecule has 0 amide bonds. The van der Waals surface area contributed by atoms with Crippen molar-refractivity contribution in [2.75, 3.05) is 10.1 Å². The van der Waals surface area contributed by atoms with Crippen LogP contribution in [-0.4, -0.2) is 19.6 Å². The van der Waals surface area contributed by atoms with E-state index in [4.69, 9.17) is 0 Å². The Balaban J connectivity index is 1.42. The predicted molar refractivity (Wildman–Crippen MR) is 141 cm³/mol. The Morgan fingerprint density at radius 2 is 1.68 bits per heavy atom. The third-order valence-corrected chi connectivity index (χ3v) is 7.26. The van der Waals surface area contributed by atoms with Crippen LogP contribution in [0, 0.1) is 0 Å². The summed E-state index contributed by atoms with van der Waals surface area (Å²) >= 11 is 1.46. The highest BCUT2D eigenvalue weighted by Gasteiger charge is 2.17. The number of hydrazone groups is 1. The van der Waals surface area contributed by atoms with E-state index >= 15 is 0 Å². The molecule has 8 heteroatoms. The average Bonchev–Trinajstić information content (AvgIpc) is 3.28. The van der Waals surface area contributed by atoms with Crippen LogP contribution in [-0.2, 0) is 15.4 Å². The van der Waals surface area contributed by atoms with Crippen LogP contribution in [0.4, 0.5) is 10.8 Å². The van der Waals surface area contributed by atoms with Crippen LogP contribution in [0.15, 0.2) is 94.2 Å². The summed E-state index contributed by atoms with van der Waals surface area (Å²) in [7, 11) is -3.70. The van der Waals surface area contributed by atoms with Gasteiger partial charge in [0.2, 0.25) is 5.13 Å². The molecule has 0 saturated heterocycles. The molecule has 0 saturated carbocycles. The monoisotopic (exact) mass is 490 g/mol. The summed E-state index contributed by atoms with van der Waals surface area (Å²) in [5, 5.41) is 6.88. The Kier molecular flexibility index (Phi) is 6.81. The van der Waals surface area contributed by atoms with Crippen molar-refractivity contribution in [3.05, 3.63) is 95.4 Å². The van der Waals surface area contributed by atoms with Crippen LogP contribution >= 0.6 is 11.3 Å². The summed E-state index contributed by atoms with van der Waals surface area (Å²) in [6, 6.07) is 24.0. The van der Waals surface area contributed by atoms with E-state index in [0.717, 1.165) is 22.4 Å². The summed E-state index contributed by atoms with van der Waals surface area (Å²) in [6.45, 7) is 6.27. The number of sulfonamides is 1. The second-order valence-corrected chi connectivity index (χ2v) is 11.3. The molecule has 1 aromatic heterocycles. The van der Waals surface area contributed by atoms with E-state index in [-0.39, 0.29) is 10.3 Å². The molecule has 0 aliphatic rings. The van der Waals surface area contributed by atoms with Crippen molar-refractivity contribution in [2.24, 2.45) is 5.10 Å². The van der Waals surface area contributed by atoms with Crippen molar-refractivity contribution in [3.8, 4) is 11.3 Å². The highest BCUT2D eigenvalue weighted by atomic mass is 32.2. The minimum atomic E-state index is -3.70. The van der Waals surface area contributed by atoms with E-state index in [9.17, 15) is 8.42 Å². The minimum Gasteiger partial charge on any atom is -0.280 e. The number of nitrogens with one attached hydrogen (secondary N) is 2. The number of benzene rings is 3. The van der Waals surface area contributed by atoms with Gasteiger partial charge in [0.1, 0.15) is 0 Å². The fourth-order valence-electron chi connectivity index (χ4n) is 3.26. The number of anilines is 2. The van der Waals surface area contributed by atoms with E-state index in [1.54, 1.807) is 36.5 Å². The maximum Gasteiger partial charge on any atom is 0.261 e. The Hall–Kier alpha value is -3.49. The first-order chi connectivity index (χ1) is 16.2. The van der Waals surface area contributed by atoms with E-state index in [0.29, 0.717) is 10.8 Å². The van der Waals surface area contributed by atoms with Crippen molar-refractivity contribution in [2.45, 2.75) is 31.1 Å². The summed E-state index contributed by atoms with van der Waals surface area (Å²) in [6.07, 6.45) is 1.62. The summed E-state index contributed by atoms with van der Waals surface area (Å²) in [4.78, 5) is 4.76. The molecule has 0 bridgehead atoms. The zero-order chi connectivity index (χ0) is 24.2. The quantitative estimate of drug-likeness (QED) is 0.233. The number of nitrogens with zero attached hydrogens (tertiary/aromatic N) is 2. The molecule has 2 N–H and O–H groups in total. The normalized spacial score (nSPS) is 12.1. The zero-order valence-corrected chi connectivity index (χ0v) is 20.8. The lowest BCUT2D eigenvalue weighted by atomic mass is 9.87. The molecule has 0 aliphatic heterocycles. The van der Waals surface area contributed by atoms with Gasteiger partial charge in [-0.15, -0.1) is 11.3 Å². The molecule has 1 heterocycles. The van der Waals surface area contributed by atoms with Crippen LogP contribution in [0.3, 0.4) is 0 Å². The largest absolute Gasteiger partial charge is 0.280 e. The lowest BCUT2D eigenvalue weighted by Gasteiger charge is -2.19. The van der Waals surface area contributed by atoms with Gasteiger partial charge in [0.05, 0.1) is 16.8 Å². The van der Waals surface area contributed by atoms with Crippen molar-refractivity contribution < 1.29 is 8.42 Å². The second-order valence-electron chi connectivity index (χ2n) is 8.78. The number of hydrogen-bond acceptors (Lipinski definition) is 6. The van der Waals surface area contributed by atoms with Gasteiger partial charge in [-0.05, 0) is 40.8 Å². The molecular formula is C26H26N4O2S2. The van der Waals surface area contributed by atoms with Crippen LogP contribution in [0.2, 0.25) is 0 Å². The topological polar surface area (TPSA) is 83.5 Å². The van der Waals surface area contributed by atoms with Gasteiger partial charge in [0.25, 0.3) is 10.0 Å². The number of hydrogen-bond donors (Lipinski definition) is 2. The molecule has 0 atom stereocenters. The second kappa shape index (κ2) is 9.79. The Morgan fingerprint density at radius 3 is 2.38 bits per heavy atom. The van der Waals surface area contributed by atoms with Gasteiger partial charge < -0.3 is 0 Å². The van der Waals surface area contributed by atoms with Gasteiger partial charge in [-0.2, -0.15) is 5.10 Å². The number of thiazole rings is 1. The van der Waals surface area contributed by atoms with Crippen LogP contribution in [0.5, 0.6) is 0 Å². The van der Waals surface area contributed by atoms with Crippen molar-refractivity contribution in [3.63, 3.8) is 0 Å². The third kappa shape index (κ3) is 5.89. The third-order valence-electron chi connectivity index (χ3n) is 5.12. The molecule has 4 aromatic rings. The summed E-state index contributed by atoms with van der Waals surface area (Å²) in [5.74, 6) is 0.